The van der Waals surface area contributed by atoms with Crippen LogP contribution in [-0.2, 0) is 9.53 Å². The maximum absolute atomic E-state index is 11.6. The summed E-state index contributed by atoms with van der Waals surface area (Å²) < 4.78 is 5.77. The second-order valence-corrected chi connectivity index (χ2v) is 6.89. The number of hydrogen-bond donors (Lipinski definition) is 1. The summed E-state index contributed by atoms with van der Waals surface area (Å²) in [6, 6.07) is 0. The van der Waals surface area contributed by atoms with E-state index < -0.39 is 5.60 Å². The van der Waals surface area contributed by atoms with E-state index in [1.54, 1.807) is 13.8 Å². The van der Waals surface area contributed by atoms with Crippen LogP contribution < -0.4 is 0 Å². The highest BCUT2D eigenvalue weighted by Gasteiger charge is 2.39. The first-order valence-electron chi connectivity index (χ1n) is 8.24. The Labute approximate surface area is 124 Å². The van der Waals surface area contributed by atoms with Gasteiger partial charge in [0.05, 0.1) is 18.3 Å². The van der Waals surface area contributed by atoms with E-state index in [1.807, 2.05) is 13.8 Å². The van der Waals surface area contributed by atoms with E-state index in [9.17, 15) is 9.90 Å². The fraction of sp³-hybridized carbons (Fsp3) is 0.941. The Kier molecular flexibility index (Phi) is 6.67. The van der Waals surface area contributed by atoms with E-state index in [1.165, 1.54) is 6.42 Å². The number of aliphatic hydroxyl groups is 1. The number of rotatable bonds is 3. The molecule has 1 N–H and O–H groups in total. The largest absolute Gasteiger partial charge is 0.388 e. The second-order valence-electron chi connectivity index (χ2n) is 6.89. The molecule has 118 valence electrons. The molecule has 3 nitrogen and oxygen atoms in total. The summed E-state index contributed by atoms with van der Waals surface area (Å²) >= 11 is 0. The fourth-order valence-corrected chi connectivity index (χ4v) is 3.37. The van der Waals surface area contributed by atoms with Gasteiger partial charge in [-0.1, -0.05) is 13.8 Å². The molecule has 3 heteroatoms. The third-order valence-corrected chi connectivity index (χ3v) is 4.40. The summed E-state index contributed by atoms with van der Waals surface area (Å²) in [7, 11) is 0. The van der Waals surface area contributed by atoms with Gasteiger partial charge < -0.3 is 9.84 Å². The van der Waals surface area contributed by atoms with Crippen molar-refractivity contribution in [2.75, 3.05) is 6.61 Å². The third kappa shape index (κ3) is 5.53. The molecule has 20 heavy (non-hydrogen) atoms. The molecule has 2 rings (SSSR count). The van der Waals surface area contributed by atoms with Crippen molar-refractivity contribution in [1.82, 2.24) is 0 Å². The minimum atomic E-state index is -0.740. The predicted octanol–water partition coefficient (Wildman–Crippen LogP) is 3.87. The molecule has 0 bridgehead atoms. The molecule has 0 saturated heterocycles. The topological polar surface area (TPSA) is 46.5 Å². The van der Waals surface area contributed by atoms with Gasteiger partial charge in [-0.25, -0.2) is 0 Å². The Morgan fingerprint density at radius 1 is 1.25 bits per heavy atom. The molecule has 1 spiro atoms. The Morgan fingerprint density at radius 2 is 1.85 bits per heavy atom. The van der Waals surface area contributed by atoms with E-state index >= 15 is 0 Å². The molecule has 0 aromatic carbocycles. The fourth-order valence-electron chi connectivity index (χ4n) is 3.37. The van der Waals surface area contributed by atoms with Gasteiger partial charge in [0.1, 0.15) is 5.78 Å². The van der Waals surface area contributed by atoms with Crippen molar-refractivity contribution < 1.29 is 14.6 Å². The molecule has 0 unspecified atom stereocenters. The van der Waals surface area contributed by atoms with Crippen LogP contribution in [-0.4, -0.2) is 29.2 Å². The molecule has 2 aliphatic rings. The van der Waals surface area contributed by atoms with Gasteiger partial charge in [0.2, 0.25) is 0 Å². The van der Waals surface area contributed by atoms with Crippen molar-refractivity contribution >= 4 is 5.78 Å². The molecule has 0 radical (unpaired) electrons. The molecule has 2 aliphatic carbocycles. The molecule has 0 amide bonds. The summed E-state index contributed by atoms with van der Waals surface area (Å²) in [5.74, 6) is 0.456. The van der Waals surface area contributed by atoms with Gasteiger partial charge in [-0.2, -0.15) is 0 Å². The number of ether oxygens (including phenoxy) is 1. The number of Topliss-reactive ketones (excluding diaryl/α,β-unsaturated/α-hetero) is 1. The van der Waals surface area contributed by atoms with Crippen LogP contribution in [0.3, 0.4) is 0 Å². The lowest BCUT2D eigenvalue weighted by Crippen LogP contribution is -2.37. The van der Waals surface area contributed by atoms with Gasteiger partial charge in [0, 0.05) is 12.8 Å². The normalized spacial score (nSPS) is 30.9. The van der Waals surface area contributed by atoms with Crippen molar-refractivity contribution in [3.05, 3.63) is 0 Å². The lowest BCUT2D eigenvalue weighted by molar-refractivity contribution is -0.126. The number of hydrogen-bond acceptors (Lipinski definition) is 3. The molecule has 0 aromatic rings. The molecule has 0 aliphatic heterocycles. The minimum absolute atomic E-state index is 0.277. The van der Waals surface area contributed by atoms with Gasteiger partial charge in [-0.3, -0.25) is 4.79 Å². The van der Waals surface area contributed by atoms with Gasteiger partial charge in [-0.05, 0) is 57.8 Å². The lowest BCUT2D eigenvalue weighted by atomic mass is 9.64. The maximum atomic E-state index is 11.6. The quantitative estimate of drug-likeness (QED) is 0.855. The van der Waals surface area contributed by atoms with Crippen LogP contribution >= 0.6 is 0 Å². The van der Waals surface area contributed by atoms with Crippen LogP contribution in [0.4, 0.5) is 0 Å². The minimum Gasteiger partial charge on any atom is -0.388 e. The summed E-state index contributed by atoms with van der Waals surface area (Å²) in [6.07, 6.45) is 8.49. The van der Waals surface area contributed by atoms with Gasteiger partial charge in [0.15, 0.2) is 0 Å². The average Bonchev–Trinajstić information content (AvgIpc) is 2.39. The summed E-state index contributed by atoms with van der Waals surface area (Å²) in [5, 5.41) is 9.66. The first-order valence-corrected chi connectivity index (χ1v) is 8.24. The molecule has 2 fully saturated rings. The van der Waals surface area contributed by atoms with Crippen LogP contribution in [0.1, 0.15) is 79.1 Å². The Morgan fingerprint density at radius 3 is 2.35 bits per heavy atom. The average molecular weight is 284 g/mol. The van der Waals surface area contributed by atoms with E-state index in [2.05, 4.69) is 0 Å². The van der Waals surface area contributed by atoms with E-state index in [-0.39, 0.29) is 6.10 Å². The standard InChI is InChI=1S/C15H26O3.C2H6/c1-14(2,17)11-18-13-5-8-15(9-6-13)7-3-4-12(16)10-15;1-2/h13,17H,3-11H2,1-2H3;1-2H3. The molecule has 2 saturated carbocycles. The zero-order valence-electron chi connectivity index (χ0n) is 13.7. The van der Waals surface area contributed by atoms with Gasteiger partial charge >= 0.3 is 0 Å². The van der Waals surface area contributed by atoms with Crippen LogP contribution in [0.15, 0.2) is 0 Å². The number of ketones is 1. The Hall–Kier alpha value is -0.410. The first-order chi connectivity index (χ1) is 9.39. The molecular formula is C17H32O3. The monoisotopic (exact) mass is 284 g/mol. The second kappa shape index (κ2) is 7.56. The predicted molar refractivity (Wildman–Crippen MR) is 81.8 cm³/mol. The van der Waals surface area contributed by atoms with Gasteiger partial charge in [-0.15, -0.1) is 0 Å². The molecule has 0 heterocycles. The van der Waals surface area contributed by atoms with Crippen molar-refractivity contribution in [3.8, 4) is 0 Å². The molecule has 0 aromatic heterocycles. The highest BCUT2D eigenvalue weighted by atomic mass is 16.5. The maximum Gasteiger partial charge on any atom is 0.133 e. The van der Waals surface area contributed by atoms with Crippen molar-refractivity contribution in [2.45, 2.75) is 90.8 Å². The van der Waals surface area contributed by atoms with Crippen molar-refractivity contribution in [2.24, 2.45) is 5.41 Å². The first kappa shape index (κ1) is 17.6. The molecule has 0 atom stereocenters. The Balaban J connectivity index is 0.000000956. The van der Waals surface area contributed by atoms with Crippen molar-refractivity contribution in [1.29, 1.82) is 0 Å². The van der Waals surface area contributed by atoms with Crippen LogP contribution in [0.25, 0.3) is 0 Å². The highest BCUT2D eigenvalue weighted by molar-refractivity contribution is 5.79. The van der Waals surface area contributed by atoms with Crippen LogP contribution in [0.5, 0.6) is 0 Å². The SMILES string of the molecule is CC.CC(C)(O)COC1CCC2(CCCC(=O)C2)CC1. The van der Waals surface area contributed by atoms with Crippen molar-refractivity contribution in [3.63, 3.8) is 0 Å². The highest BCUT2D eigenvalue weighted by Crippen LogP contribution is 2.46. The third-order valence-electron chi connectivity index (χ3n) is 4.40. The zero-order valence-corrected chi connectivity index (χ0v) is 13.7. The van der Waals surface area contributed by atoms with Gasteiger partial charge in [0.25, 0.3) is 0 Å². The van der Waals surface area contributed by atoms with E-state index in [0.29, 0.717) is 17.8 Å². The Bertz CT molecular complexity index is 296. The summed E-state index contributed by atoms with van der Waals surface area (Å²) in [5.41, 5.74) is -0.445. The van der Waals surface area contributed by atoms with Crippen LogP contribution in [0.2, 0.25) is 0 Å². The smallest absolute Gasteiger partial charge is 0.133 e. The summed E-state index contributed by atoms with van der Waals surface area (Å²) in [6.45, 7) is 7.96. The number of carbonyl (C=O) groups excluding carboxylic acids is 1. The van der Waals surface area contributed by atoms with E-state index in [4.69, 9.17) is 4.74 Å². The zero-order chi connectivity index (χ0) is 15.2. The van der Waals surface area contributed by atoms with Crippen LogP contribution in [0, 0.1) is 5.41 Å². The molecular weight excluding hydrogens is 252 g/mol. The summed E-state index contributed by atoms with van der Waals surface area (Å²) in [4.78, 5) is 11.6. The van der Waals surface area contributed by atoms with E-state index in [0.717, 1.165) is 44.9 Å². The lowest BCUT2D eigenvalue weighted by Gasteiger charge is -2.42. The number of carbonyl (C=O) groups is 1.